The topological polar surface area (TPSA) is 18.5 Å². The van der Waals surface area contributed by atoms with Gasteiger partial charge in [0.1, 0.15) is 23.0 Å². The average Bonchev–Trinajstić information content (AvgIpc) is 3.38. The van der Waals surface area contributed by atoms with Gasteiger partial charge in [0.2, 0.25) is 0 Å². The van der Waals surface area contributed by atoms with E-state index >= 15 is 0 Å². The van der Waals surface area contributed by atoms with Crippen LogP contribution in [0.5, 0.6) is 23.0 Å². The Balaban J connectivity index is 1.08. The molecule has 2 heterocycles. The maximum Gasteiger partial charge on any atom is 0.260 e. The van der Waals surface area contributed by atoms with Crippen molar-refractivity contribution in [3.8, 4) is 67.5 Å². The predicted octanol–water partition coefficient (Wildman–Crippen LogP) is 10.5. The van der Waals surface area contributed by atoms with Crippen LogP contribution < -0.4 is 46.6 Å². The van der Waals surface area contributed by atoms with Gasteiger partial charge in [0.15, 0.2) is 8.07 Å². The lowest BCUT2D eigenvalue weighted by Gasteiger charge is -2.36. The third-order valence-corrected chi connectivity index (χ3v) is 17.9. The molecule has 0 unspecified atom stereocenters. The van der Waals surface area contributed by atoms with Gasteiger partial charge in [-0.2, -0.15) is 0 Å². The fraction of sp³-hybridized carbons (Fsp3) is 0. The second-order valence-corrected chi connectivity index (χ2v) is 20.5. The number of benzene rings is 10. The minimum Gasteiger partial charge on any atom is -0.458 e. The summed E-state index contributed by atoms with van der Waals surface area (Å²) in [6, 6.07) is 90.3. The molecule has 0 fully saturated rings. The number of rotatable bonds is 8. The molecule has 0 saturated heterocycles. The molecule has 4 heteroatoms. The minimum atomic E-state index is -2.75. The van der Waals surface area contributed by atoms with Crippen molar-refractivity contribution in [1.82, 2.24) is 0 Å². The van der Waals surface area contributed by atoms with Crippen LogP contribution in [0.4, 0.5) is 0 Å². The lowest BCUT2D eigenvalue weighted by Crippen LogP contribution is -2.74. The van der Waals surface area contributed by atoms with Gasteiger partial charge >= 0.3 is 0 Å². The molecule has 0 atom stereocenters. The molecule has 0 spiro atoms. The number of ether oxygens (including phenoxy) is 2. The van der Waals surface area contributed by atoms with Gasteiger partial charge in [-0.05, 0) is 83.3 Å². The standard InChI is InChI=1S/C60H41BO2Si/c1-6-21-42(22-7-1)50-33-16-17-34-51(50)53-41-52(43-23-8-2-9-24-43)59-58-60(53)62-56-36-19-18-35-54(56)61(58)55-40-45(37-38-57(55)63-59)44-25-20-32-49(39-44)64(46-26-10-3-11-27-46,47-28-12-4-13-29-47)48-30-14-5-15-31-48/h1-41H. The zero-order chi connectivity index (χ0) is 42.5. The summed E-state index contributed by atoms with van der Waals surface area (Å²) in [7, 11) is -2.75. The highest BCUT2D eigenvalue weighted by Crippen LogP contribution is 2.48. The fourth-order valence-corrected chi connectivity index (χ4v) is 15.1. The van der Waals surface area contributed by atoms with Gasteiger partial charge in [0, 0.05) is 16.6 Å². The van der Waals surface area contributed by atoms with E-state index in [0.717, 1.165) is 78.3 Å². The third-order valence-electron chi connectivity index (χ3n) is 13.2. The highest BCUT2D eigenvalue weighted by atomic mass is 28.3. The summed E-state index contributed by atoms with van der Waals surface area (Å²) in [6.45, 7) is -0.139. The molecule has 0 radical (unpaired) electrons. The normalized spacial score (nSPS) is 12.3. The van der Waals surface area contributed by atoms with E-state index in [9.17, 15) is 0 Å². The van der Waals surface area contributed by atoms with Crippen LogP contribution in [-0.4, -0.2) is 14.8 Å². The molecular weight excluding hydrogens is 792 g/mol. The molecule has 12 rings (SSSR count). The Morgan fingerprint density at radius 2 is 0.734 bits per heavy atom. The number of fused-ring (bicyclic) bond motifs is 4. The molecule has 0 bridgehead atoms. The fourth-order valence-electron chi connectivity index (χ4n) is 10.3. The van der Waals surface area contributed by atoms with Crippen LogP contribution in [0, 0.1) is 0 Å². The summed E-state index contributed by atoms with van der Waals surface area (Å²) in [5.74, 6) is 3.40. The Morgan fingerprint density at radius 1 is 0.281 bits per heavy atom. The van der Waals surface area contributed by atoms with Gasteiger partial charge < -0.3 is 9.47 Å². The van der Waals surface area contributed by atoms with Crippen LogP contribution >= 0.6 is 0 Å². The molecule has 64 heavy (non-hydrogen) atoms. The molecule has 300 valence electrons. The van der Waals surface area contributed by atoms with E-state index in [1.54, 1.807) is 0 Å². The van der Waals surface area contributed by atoms with Crippen LogP contribution in [0.25, 0.3) is 44.5 Å². The molecule has 0 amide bonds. The van der Waals surface area contributed by atoms with Gasteiger partial charge in [-0.15, -0.1) is 0 Å². The maximum absolute atomic E-state index is 7.20. The minimum absolute atomic E-state index is 0.139. The van der Waals surface area contributed by atoms with E-state index in [4.69, 9.17) is 9.47 Å². The van der Waals surface area contributed by atoms with E-state index in [1.807, 2.05) is 0 Å². The first-order chi connectivity index (χ1) is 31.8. The molecule has 0 aliphatic carbocycles. The van der Waals surface area contributed by atoms with Crippen molar-refractivity contribution in [2.24, 2.45) is 0 Å². The Labute approximate surface area is 375 Å². The molecule has 2 aliphatic heterocycles. The van der Waals surface area contributed by atoms with E-state index in [1.165, 1.54) is 26.3 Å². The predicted molar refractivity (Wildman–Crippen MR) is 269 cm³/mol. The number of hydrogen-bond acceptors (Lipinski definition) is 2. The Kier molecular flexibility index (Phi) is 9.32. The van der Waals surface area contributed by atoms with Crippen LogP contribution in [0.3, 0.4) is 0 Å². The second kappa shape index (κ2) is 15.8. The molecular formula is C60H41BO2Si. The summed E-state index contributed by atoms with van der Waals surface area (Å²) in [5, 5.41) is 5.39. The first-order valence-electron chi connectivity index (χ1n) is 22.0. The van der Waals surface area contributed by atoms with Gasteiger partial charge in [-0.3, -0.25) is 0 Å². The Hall–Kier alpha value is -7.92. The molecule has 0 aromatic heterocycles. The van der Waals surface area contributed by atoms with Crippen molar-refractivity contribution in [2.45, 2.75) is 0 Å². The smallest absolute Gasteiger partial charge is 0.260 e. The molecule has 10 aromatic carbocycles. The van der Waals surface area contributed by atoms with Crippen LogP contribution in [-0.2, 0) is 0 Å². The van der Waals surface area contributed by atoms with Crippen molar-refractivity contribution >= 4 is 51.9 Å². The van der Waals surface area contributed by atoms with Crippen LogP contribution in [0.2, 0.25) is 0 Å². The van der Waals surface area contributed by atoms with Crippen LogP contribution in [0.1, 0.15) is 0 Å². The molecule has 10 aromatic rings. The van der Waals surface area contributed by atoms with Crippen molar-refractivity contribution in [3.05, 3.63) is 249 Å². The van der Waals surface area contributed by atoms with Gasteiger partial charge in [-0.1, -0.05) is 231 Å². The van der Waals surface area contributed by atoms with Gasteiger partial charge in [0.25, 0.3) is 6.71 Å². The summed E-state index contributed by atoms with van der Waals surface area (Å²) >= 11 is 0. The SMILES string of the molecule is c1ccc(-c2ccccc2-c2cc(-c3ccccc3)c3c4c2Oc2ccccc2B4c2cc(-c4cccc([Si](c5ccccc5)(c5ccccc5)c5ccccc5)c4)ccc2O3)cc1. The number of para-hydroxylation sites is 1. The van der Waals surface area contributed by atoms with E-state index in [-0.39, 0.29) is 6.71 Å². The molecule has 0 N–H and O–H groups in total. The number of hydrogen-bond donors (Lipinski definition) is 0. The van der Waals surface area contributed by atoms with Crippen molar-refractivity contribution in [2.75, 3.05) is 0 Å². The van der Waals surface area contributed by atoms with Gasteiger partial charge in [-0.25, -0.2) is 0 Å². The lowest BCUT2D eigenvalue weighted by molar-refractivity contribution is 0.467. The summed E-state index contributed by atoms with van der Waals surface area (Å²) in [5.41, 5.74) is 12.2. The van der Waals surface area contributed by atoms with Crippen molar-refractivity contribution < 1.29 is 9.47 Å². The molecule has 2 nitrogen and oxygen atoms in total. The summed E-state index contributed by atoms with van der Waals surface area (Å²) < 4.78 is 14.3. The monoisotopic (exact) mass is 832 g/mol. The lowest BCUT2D eigenvalue weighted by atomic mass is 9.34. The second-order valence-electron chi connectivity index (χ2n) is 16.7. The van der Waals surface area contributed by atoms with Crippen molar-refractivity contribution in [3.63, 3.8) is 0 Å². The Morgan fingerprint density at radius 3 is 1.36 bits per heavy atom. The van der Waals surface area contributed by atoms with E-state index in [0.29, 0.717) is 0 Å². The molecule has 0 saturated carbocycles. The average molecular weight is 833 g/mol. The highest BCUT2D eigenvalue weighted by molar-refractivity contribution is 7.20. The third kappa shape index (κ3) is 6.18. The van der Waals surface area contributed by atoms with E-state index in [2.05, 4.69) is 249 Å². The van der Waals surface area contributed by atoms with Gasteiger partial charge in [0.05, 0.1) is 0 Å². The Bertz CT molecular complexity index is 3220. The first kappa shape index (κ1) is 37.8. The highest BCUT2D eigenvalue weighted by Gasteiger charge is 2.44. The summed E-state index contributed by atoms with van der Waals surface area (Å²) in [4.78, 5) is 0. The van der Waals surface area contributed by atoms with Crippen molar-refractivity contribution in [1.29, 1.82) is 0 Å². The largest absolute Gasteiger partial charge is 0.458 e. The molecule has 2 aliphatic rings. The zero-order valence-electron chi connectivity index (χ0n) is 35.1. The maximum atomic E-state index is 7.20. The quantitative estimate of drug-likeness (QED) is 0.112. The first-order valence-corrected chi connectivity index (χ1v) is 24.0. The van der Waals surface area contributed by atoms with E-state index < -0.39 is 8.07 Å². The summed E-state index contributed by atoms with van der Waals surface area (Å²) in [6.07, 6.45) is 0. The zero-order valence-corrected chi connectivity index (χ0v) is 36.1. The van der Waals surface area contributed by atoms with Crippen LogP contribution in [0.15, 0.2) is 249 Å².